The molecule has 0 aliphatic heterocycles. The molecule has 0 unspecified atom stereocenters. The summed E-state index contributed by atoms with van der Waals surface area (Å²) in [6.45, 7) is 2.01. The summed E-state index contributed by atoms with van der Waals surface area (Å²) in [6, 6.07) is 8.10. The summed E-state index contributed by atoms with van der Waals surface area (Å²) in [4.78, 5) is 7.48. The van der Waals surface area contributed by atoms with E-state index in [0.717, 1.165) is 26.2 Å². The summed E-state index contributed by atoms with van der Waals surface area (Å²) < 4.78 is 1.83. The van der Waals surface area contributed by atoms with E-state index < -0.39 is 0 Å². The zero-order valence-corrected chi connectivity index (χ0v) is 10.7. The second-order valence-electron chi connectivity index (χ2n) is 3.01. The number of H-pyrrole nitrogens is 1. The summed E-state index contributed by atoms with van der Waals surface area (Å²) in [5.41, 5.74) is 3.16. The molecule has 1 aromatic carbocycles. The van der Waals surface area contributed by atoms with E-state index in [-0.39, 0.29) is 0 Å². The first kappa shape index (κ1) is 9.93. The molecule has 0 bridgehead atoms. The van der Waals surface area contributed by atoms with Crippen molar-refractivity contribution in [3.63, 3.8) is 0 Å². The minimum atomic E-state index is 0.768. The van der Waals surface area contributed by atoms with Gasteiger partial charge in [0, 0.05) is 15.7 Å². The molecular formula is C10H8Br2N2. The Morgan fingerprint density at radius 2 is 2.07 bits per heavy atom. The van der Waals surface area contributed by atoms with Crippen LogP contribution in [0.4, 0.5) is 0 Å². The van der Waals surface area contributed by atoms with E-state index in [9.17, 15) is 0 Å². The van der Waals surface area contributed by atoms with Gasteiger partial charge >= 0.3 is 0 Å². The van der Waals surface area contributed by atoms with Crippen molar-refractivity contribution < 1.29 is 0 Å². The van der Waals surface area contributed by atoms with Gasteiger partial charge in [-0.2, -0.15) is 0 Å². The monoisotopic (exact) mass is 314 g/mol. The molecule has 0 fully saturated rings. The van der Waals surface area contributed by atoms with Crippen LogP contribution in [0.1, 0.15) is 5.69 Å². The number of imidazole rings is 1. The second kappa shape index (κ2) is 3.87. The average Bonchev–Trinajstić information content (AvgIpc) is 2.45. The van der Waals surface area contributed by atoms with Crippen molar-refractivity contribution in [3.05, 3.63) is 39.2 Å². The summed E-state index contributed by atoms with van der Waals surface area (Å²) in [5.74, 6) is 0. The number of aromatic amines is 1. The fourth-order valence-electron chi connectivity index (χ4n) is 1.34. The van der Waals surface area contributed by atoms with Gasteiger partial charge in [0.25, 0.3) is 0 Å². The Bertz CT molecular complexity index is 463. The van der Waals surface area contributed by atoms with Crippen LogP contribution in [0.2, 0.25) is 0 Å². The van der Waals surface area contributed by atoms with Gasteiger partial charge in [-0.05, 0) is 35.0 Å². The maximum atomic E-state index is 4.36. The van der Waals surface area contributed by atoms with Crippen molar-refractivity contribution in [1.82, 2.24) is 9.97 Å². The average molecular weight is 316 g/mol. The fourth-order valence-corrected chi connectivity index (χ4v) is 2.21. The van der Waals surface area contributed by atoms with Gasteiger partial charge in [-0.15, -0.1) is 0 Å². The molecule has 0 atom stereocenters. The van der Waals surface area contributed by atoms with Crippen molar-refractivity contribution >= 4 is 31.9 Å². The fraction of sp³-hybridized carbons (Fsp3) is 0.100. The molecule has 14 heavy (non-hydrogen) atoms. The van der Waals surface area contributed by atoms with Crippen LogP contribution in [-0.4, -0.2) is 9.97 Å². The number of nitrogens with zero attached hydrogens (tertiary/aromatic N) is 1. The van der Waals surface area contributed by atoms with Crippen LogP contribution in [0.15, 0.2) is 33.5 Å². The standard InChI is InChI=1S/C10H8Br2N2/c1-6-9(14-10(12)13-6)7-3-2-4-8(11)5-7/h2-5H,1H3,(H,13,14). The molecule has 1 aromatic heterocycles. The highest BCUT2D eigenvalue weighted by molar-refractivity contribution is 9.10. The molecule has 72 valence electrons. The van der Waals surface area contributed by atoms with Gasteiger partial charge in [0.05, 0.1) is 5.69 Å². The van der Waals surface area contributed by atoms with Gasteiger partial charge < -0.3 is 4.98 Å². The molecule has 0 radical (unpaired) electrons. The van der Waals surface area contributed by atoms with E-state index in [1.54, 1.807) is 0 Å². The highest BCUT2D eigenvalue weighted by atomic mass is 79.9. The van der Waals surface area contributed by atoms with Crippen molar-refractivity contribution in [2.75, 3.05) is 0 Å². The van der Waals surface area contributed by atoms with Gasteiger partial charge in [-0.1, -0.05) is 28.1 Å². The van der Waals surface area contributed by atoms with Crippen molar-refractivity contribution in [2.45, 2.75) is 6.92 Å². The predicted molar refractivity (Wildman–Crippen MR) is 64.2 cm³/mol. The third kappa shape index (κ3) is 1.91. The Hall–Kier alpha value is -0.610. The van der Waals surface area contributed by atoms with Crippen molar-refractivity contribution in [1.29, 1.82) is 0 Å². The molecule has 0 aliphatic carbocycles. The minimum absolute atomic E-state index is 0.768. The maximum Gasteiger partial charge on any atom is 0.175 e. The molecule has 4 heteroatoms. The lowest BCUT2D eigenvalue weighted by molar-refractivity contribution is 1.20. The van der Waals surface area contributed by atoms with E-state index in [1.807, 2.05) is 25.1 Å². The molecule has 2 aromatic rings. The summed E-state index contributed by atoms with van der Waals surface area (Å²) in [7, 11) is 0. The molecule has 1 heterocycles. The lowest BCUT2D eigenvalue weighted by Crippen LogP contribution is -1.80. The number of rotatable bonds is 1. The number of halogens is 2. The quantitative estimate of drug-likeness (QED) is 0.849. The Labute approximate surface area is 99.0 Å². The van der Waals surface area contributed by atoms with Crippen molar-refractivity contribution in [2.24, 2.45) is 0 Å². The number of aryl methyl sites for hydroxylation is 1. The molecule has 2 rings (SSSR count). The Kier molecular flexibility index (Phi) is 2.74. The van der Waals surface area contributed by atoms with Crippen LogP contribution in [0.3, 0.4) is 0 Å². The molecule has 0 amide bonds. The smallest absolute Gasteiger partial charge is 0.175 e. The van der Waals surface area contributed by atoms with Crippen LogP contribution < -0.4 is 0 Å². The number of nitrogens with one attached hydrogen (secondary N) is 1. The van der Waals surface area contributed by atoms with Crippen LogP contribution in [0.25, 0.3) is 11.3 Å². The minimum Gasteiger partial charge on any atom is -0.336 e. The molecular weight excluding hydrogens is 308 g/mol. The normalized spacial score (nSPS) is 10.5. The van der Waals surface area contributed by atoms with Crippen LogP contribution >= 0.6 is 31.9 Å². The molecule has 0 saturated carbocycles. The Morgan fingerprint density at radius 3 is 2.64 bits per heavy atom. The molecule has 0 spiro atoms. The zero-order valence-electron chi connectivity index (χ0n) is 7.51. The van der Waals surface area contributed by atoms with Gasteiger partial charge in [0.2, 0.25) is 0 Å². The van der Waals surface area contributed by atoms with Gasteiger partial charge in [0.1, 0.15) is 0 Å². The van der Waals surface area contributed by atoms with E-state index in [1.165, 1.54) is 0 Å². The Morgan fingerprint density at radius 1 is 1.29 bits per heavy atom. The SMILES string of the molecule is Cc1[nH]c(Br)nc1-c1cccc(Br)c1. The lowest BCUT2D eigenvalue weighted by Gasteiger charge is -1.98. The largest absolute Gasteiger partial charge is 0.336 e. The predicted octanol–water partition coefficient (Wildman–Crippen LogP) is 3.91. The number of benzene rings is 1. The number of hydrogen-bond acceptors (Lipinski definition) is 1. The maximum absolute atomic E-state index is 4.36. The van der Waals surface area contributed by atoms with Crippen LogP contribution in [0, 0.1) is 6.92 Å². The molecule has 1 N–H and O–H groups in total. The lowest BCUT2D eigenvalue weighted by atomic mass is 10.1. The zero-order chi connectivity index (χ0) is 10.1. The van der Waals surface area contributed by atoms with E-state index in [2.05, 4.69) is 47.9 Å². The first-order valence-corrected chi connectivity index (χ1v) is 5.73. The van der Waals surface area contributed by atoms with E-state index >= 15 is 0 Å². The van der Waals surface area contributed by atoms with Crippen LogP contribution in [0.5, 0.6) is 0 Å². The second-order valence-corrected chi connectivity index (χ2v) is 4.68. The van der Waals surface area contributed by atoms with Crippen molar-refractivity contribution in [3.8, 4) is 11.3 Å². The summed E-state index contributed by atoms with van der Waals surface area (Å²) in [5, 5.41) is 0. The first-order valence-electron chi connectivity index (χ1n) is 4.15. The topological polar surface area (TPSA) is 28.7 Å². The van der Waals surface area contributed by atoms with E-state index in [0.29, 0.717) is 0 Å². The summed E-state index contributed by atoms with van der Waals surface area (Å²) in [6.07, 6.45) is 0. The number of hydrogen-bond donors (Lipinski definition) is 1. The number of aromatic nitrogens is 2. The highest BCUT2D eigenvalue weighted by Crippen LogP contribution is 2.25. The highest BCUT2D eigenvalue weighted by Gasteiger charge is 2.06. The third-order valence-electron chi connectivity index (χ3n) is 1.95. The molecule has 2 nitrogen and oxygen atoms in total. The third-order valence-corrected chi connectivity index (χ3v) is 2.82. The van der Waals surface area contributed by atoms with E-state index in [4.69, 9.17) is 0 Å². The first-order chi connectivity index (χ1) is 6.66. The summed E-state index contributed by atoms with van der Waals surface area (Å²) >= 11 is 6.76. The Balaban J connectivity index is 2.54. The van der Waals surface area contributed by atoms with Crippen LogP contribution in [-0.2, 0) is 0 Å². The molecule has 0 saturated heterocycles. The molecule has 0 aliphatic rings. The van der Waals surface area contributed by atoms with Gasteiger partial charge in [-0.25, -0.2) is 4.98 Å². The van der Waals surface area contributed by atoms with Gasteiger partial charge in [-0.3, -0.25) is 0 Å². The van der Waals surface area contributed by atoms with Gasteiger partial charge in [0.15, 0.2) is 4.73 Å².